The maximum absolute atomic E-state index is 12.3. The molecule has 0 saturated carbocycles. The van der Waals surface area contributed by atoms with Crippen LogP contribution in [0.2, 0.25) is 0 Å². The summed E-state index contributed by atoms with van der Waals surface area (Å²) in [5.41, 5.74) is 3.17. The lowest BCUT2D eigenvalue weighted by Crippen LogP contribution is -2.13. The SMILES string of the molecule is Cc1ccc(C)c(Nc2ccc(NS(=O)(=O)c3ccc(C)s3)nn2)c1. The Morgan fingerprint density at radius 2 is 1.64 bits per heavy atom. The van der Waals surface area contributed by atoms with Gasteiger partial charge in [-0.05, 0) is 62.2 Å². The Hall–Kier alpha value is -2.45. The van der Waals surface area contributed by atoms with Crippen LogP contribution in [0, 0.1) is 20.8 Å². The Morgan fingerprint density at radius 3 is 2.28 bits per heavy atom. The fourth-order valence-corrected chi connectivity index (χ4v) is 4.49. The van der Waals surface area contributed by atoms with Gasteiger partial charge in [-0.1, -0.05) is 12.1 Å². The average molecular weight is 374 g/mol. The highest BCUT2D eigenvalue weighted by Crippen LogP contribution is 2.24. The monoisotopic (exact) mass is 374 g/mol. The van der Waals surface area contributed by atoms with Crippen molar-refractivity contribution in [2.24, 2.45) is 0 Å². The molecule has 0 bridgehead atoms. The Kier molecular flexibility index (Phi) is 4.73. The summed E-state index contributed by atoms with van der Waals surface area (Å²) in [6.07, 6.45) is 0. The van der Waals surface area contributed by atoms with Crippen molar-refractivity contribution in [2.45, 2.75) is 25.0 Å². The summed E-state index contributed by atoms with van der Waals surface area (Å²) in [6.45, 7) is 5.87. The van der Waals surface area contributed by atoms with Crippen molar-refractivity contribution in [1.29, 1.82) is 0 Å². The first-order valence-corrected chi connectivity index (χ1v) is 9.91. The number of nitrogens with zero attached hydrogens (tertiary/aromatic N) is 2. The molecule has 0 aliphatic carbocycles. The fraction of sp³-hybridized carbons (Fsp3) is 0.176. The third kappa shape index (κ3) is 4.15. The van der Waals surface area contributed by atoms with E-state index in [4.69, 9.17) is 0 Å². The van der Waals surface area contributed by atoms with Crippen molar-refractivity contribution in [3.05, 3.63) is 58.5 Å². The Labute approximate surface area is 151 Å². The van der Waals surface area contributed by atoms with Crippen molar-refractivity contribution in [2.75, 3.05) is 10.0 Å². The van der Waals surface area contributed by atoms with Gasteiger partial charge in [0.1, 0.15) is 4.21 Å². The summed E-state index contributed by atoms with van der Waals surface area (Å²) in [7, 11) is -3.63. The molecule has 2 N–H and O–H groups in total. The van der Waals surface area contributed by atoms with Crippen molar-refractivity contribution in [1.82, 2.24) is 10.2 Å². The van der Waals surface area contributed by atoms with Gasteiger partial charge in [-0.2, -0.15) is 0 Å². The molecule has 3 rings (SSSR count). The first-order chi connectivity index (χ1) is 11.8. The van der Waals surface area contributed by atoms with Crippen LogP contribution >= 0.6 is 11.3 Å². The summed E-state index contributed by atoms with van der Waals surface area (Å²) in [5.74, 6) is 0.723. The van der Waals surface area contributed by atoms with Crippen LogP contribution in [-0.2, 0) is 10.0 Å². The van der Waals surface area contributed by atoms with Crippen molar-refractivity contribution < 1.29 is 8.42 Å². The van der Waals surface area contributed by atoms with E-state index in [-0.39, 0.29) is 10.0 Å². The number of sulfonamides is 1. The lowest BCUT2D eigenvalue weighted by Gasteiger charge is -2.10. The first kappa shape index (κ1) is 17.4. The molecule has 8 heteroatoms. The Morgan fingerprint density at radius 1 is 0.920 bits per heavy atom. The molecule has 0 unspecified atom stereocenters. The zero-order valence-electron chi connectivity index (χ0n) is 14.1. The van der Waals surface area contributed by atoms with Crippen LogP contribution in [0.15, 0.2) is 46.7 Å². The van der Waals surface area contributed by atoms with E-state index in [2.05, 4.69) is 20.2 Å². The number of rotatable bonds is 5. The van der Waals surface area contributed by atoms with Crippen LogP contribution in [0.4, 0.5) is 17.3 Å². The van der Waals surface area contributed by atoms with Crippen LogP contribution in [-0.4, -0.2) is 18.6 Å². The molecule has 0 amide bonds. The quantitative estimate of drug-likeness (QED) is 0.705. The minimum absolute atomic E-state index is 0.178. The van der Waals surface area contributed by atoms with Crippen molar-refractivity contribution in [3.8, 4) is 0 Å². The molecule has 0 atom stereocenters. The largest absolute Gasteiger partial charge is 0.339 e. The van der Waals surface area contributed by atoms with Gasteiger partial charge in [0, 0.05) is 10.6 Å². The van der Waals surface area contributed by atoms with E-state index in [1.807, 2.05) is 39.0 Å². The zero-order chi connectivity index (χ0) is 18.0. The molecule has 0 fully saturated rings. The van der Waals surface area contributed by atoms with Gasteiger partial charge in [0.25, 0.3) is 10.0 Å². The summed E-state index contributed by atoms with van der Waals surface area (Å²) < 4.78 is 27.3. The normalized spacial score (nSPS) is 11.3. The topological polar surface area (TPSA) is 84.0 Å². The molecule has 0 saturated heterocycles. The first-order valence-electron chi connectivity index (χ1n) is 7.61. The lowest BCUT2D eigenvalue weighted by atomic mass is 10.1. The number of hydrogen-bond acceptors (Lipinski definition) is 6. The van der Waals surface area contributed by atoms with Gasteiger partial charge in [-0.15, -0.1) is 21.5 Å². The summed E-state index contributed by atoms with van der Waals surface area (Å²) >= 11 is 1.21. The van der Waals surface area contributed by atoms with Crippen LogP contribution in [0.25, 0.3) is 0 Å². The maximum atomic E-state index is 12.3. The highest BCUT2D eigenvalue weighted by molar-refractivity contribution is 7.94. The minimum Gasteiger partial charge on any atom is -0.339 e. The number of hydrogen-bond donors (Lipinski definition) is 2. The van der Waals surface area contributed by atoms with Gasteiger partial charge in [0.05, 0.1) is 0 Å². The predicted molar refractivity (Wildman–Crippen MR) is 101 cm³/mol. The summed E-state index contributed by atoms with van der Waals surface area (Å²) in [4.78, 5) is 0.930. The summed E-state index contributed by atoms with van der Waals surface area (Å²) in [5, 5.41) is 11.2. The maximum Gasteiger partial charge on any atom is 0.272 e. The standard InChI is InChI=1S/C17H18N4O2S2/c1-11-4-5-12(2)14(10-11)18-15-7-8-16(20-19-15)21-25(22,23)17-9-6-13(3)24-17/h4-10H,1-3H3,(H,18,19)(H,20,21). The molecule has 1 aromatic carbocycles. The molecular formula is C17H18N4O2S2. The van der Waals surface area contributed by atoms with Crippen molar-refractivity contribution in [3.63, 3.8) is 0 Å². The molecule has 0 radical (unpaired) electrons. The fourth-order valence-electron chi connectivity index (χ4n) is 2.21. The van der Waals surface area contributed by atoms with Gasteiger partial charge < -0.3 is 5.32 Å². The third-order valence-corrected chi connectivity index (χ3v) is 6.39. The average Bonchev–Trinajstić information content (AvgIpc) is 3.00. The molecule has 25 heavy (non-hydrogen) atoms. The number of aryl methyl sites for hydroxylation is 3. The molecule has 0 aliphatic heterocycles. The Balaban J connectivity index is 1.75. The zero-order valence-corrected chi connectivity index (χ0v) is 15.7. The Bertz CT molecular complexity index is 996. The molecule has 0 aliphatic rings. The predicted octanol–water partition coefficient (Wildman–Crippen LogP) is 4.01. The second-order valence-corrected chi connectivity index (χ2v) is 8.91. The van der Waals surface area contributed by atoms with E-state index in [0.717, 1.165) is 21.7 Å². The van der Waals surface area contributed by atoms with Crippen LogP contribution in [0.5, 0.6) is 0 Å². The van der Waals surface area contributed by atoms with Gasteiger partial charge >= 0.3 is 0 Å². The van der Waals surface area contributed by atoms with Gasteiger partial charge in [-0.3, -0.25) is 4.72 Å². The molecule has 2 heterocycles. The molecule has 3 aromatic rings. The molecule has 6 nitrogen and oxygen atoms in total. The highest BCUT2D eigenvalue weighted by atomic mass is 32.2. The van der Waals surface area contributed by atoms with E-state index in [0.29, 0.717) is 5.82 Å². The second kappa shape index (κ2) is 6.81. The smallest absolute Gasteiger partial charge is 0.272 e. The number of thiophene rings is 1. The number of benzene rings is 1. The third-order valence-electron chi connectivity index (χ3n) is 3.54. The molecule has 130 valence electrons. The lowest BCUT2D eigenvalue weighted by molar-refractivity contribution is 0.603. The minimum atomic E-state index is -3.63. The second-order valence-electron chi connectivity index (χ2n) is 5.72. The van der Waals surface area contributed by atoms with Gasteiger partial charge in [0.2, 0.25) is 0 Å². The van der Waals surface area contributed by atoms with Gasteiger partial charge in [-0.25, -0.2) is 8.42 Å². The summed E-state index contributed by atoms with van der Waals surface area (Å²) in [6, 6.07) is 12.7. The molecule has 0 spiro atoms. The van der Waals surface area contributed by atoms with Crippen LogP contribution in [0.1, 0.15) is 16.0 Å². The van der Waals surface area contributed by atoms with E-state index in [1.54, 1.807) is 24.3 Å². The molecule has 2 aromatic heterocycles. The van der Waals surface area contributed by atoms with E-state index < -0.39 is 10.0 Å². The molecular weight excluding hydrogens is 356 g/mol. The van der Waals surface area contributed by atoms with E-state index >= 15 is 0 Å². The number of nitrogens with one attached hydrogen (secondary N) is 2. The van der Waals surface area contributed by atoms with E-state index in [1.165, 1.54) is 11.3 Å². The van der Waals surface area contributed by atoms with Crippen LogP contribution in [0.3, 0.4) is 0 Å². The van der Waals surface area contributed by atoms with Gasteiger partial charge in [0.15, 0.2) is 11.6 Å². The van der Waals surface area contributed by atoms with Crippen molar-refractivity contribution >= 4 is 38.7 Å². The van der Waals surface area contributed by atoms with E-state index in [9.17, 15) is 8.42 Å². The highest BCUT2D eigenvalue weighted by Gasteiger charge is 2.17. The number of aromatic nitrogens is 2. The number of anilines is 3. The van der Waals surface area contributed by atoms with Crippen LogP contribution < -0.4 is 10.0 Å².